The molecular weight excluding hydrogens is 567 g/mol. The molecule has 238 valence electrons. The number of nitrogens with one attached hydrogen (secondary N) is 2. The van der Waals surface area contributed by atoms with Crippen LogP contribution in [-0.2, 0) is 16.0 Å². The number of amides is 1. The second kappa shape index (κ2) is 17.2. The molecule has 3 rings (SSSR count). The summed E-state index contributed by atoms with van der Waals surface area (Å²) in [5, 5.41) is 8.91. The van der Waals surface area contributed by atoms with Gasteiger partial charge in [0, 0.05) is 36.4 Å². The van der Waals surface area contributed by atoms with Gasteiger partial charge in [0.2, 0.25) is 5.90 Å². The predicted molar refractivity (Wildman–Crippen MR) is 172 cm³/mol. The molecule has 3 heterocycles. The molecule has 0 spiro atoms. The quantitative estimate of drug-likeness (QED) is 0.205. The first-order valence-electron chi connectivity index (χ1n) is 15.0. The lowest BCUT2D eigenvalue weighted by molar-refractivity contribution is -0.131. The van der Waals surface area contributed by atoms with E-state index in [1.54, 1.807) is 17.9 Å². The molecule has 0 saturated heterocycles. The summed E-state index contributed by atoms with van der Waals surface area (Å²) in [7, 11) is 0. The van der Waals surface area contributed by atoms with Gasteiger partial charge in [0.15, 0.2) is 5.76 Å². The van der Waals surface area contributed by atoms with E-state index in [1.165, 1.54) is 31.5 Å². The highest BCUT2D eigenvalue weighted by Gasteiger charge is 2.37. The number of carbonyl (C=O) groups is 1. The van der Waals surface area contributed by atoms with Crippen molar-refractivity contribution in [1.82, 2.24) is 14.9 Å². The van der Waals surface area contributed by atoms with E-state index in [4.69, 9.17) is 10.1 Å². The summed E-state index contributed by atoms with van der Waals surface area (Å²) >= 11 is 0. The van der Waals surface area contributed by atoms with Crippen LogP contribution in [0.5, 0.6) is 0 Å². The minimum absolute atomic E-state index is 0.0735. The van der Waals surface area contributed by atoms with Gasteiger partial charge in [-0.1, -0.05) is 64.7 Å². The fourth-order valence-electron chi connectivity index (χ4n) is 4.56. The van der Waals surface area contributed by atoms with Gasteiger partial charge in [0.1, 0.15) is 6.04 Å². The van der Waals surface area contributed by atoms with E-state index in [9.17, 15) is 18.0 Å². The van der Waals surface area contributed by atoms with Crippen LogP contribution in [0.4, 0.5) is 13.2 Å². The first-order chi connectivity index (χ1) is 21.0. The number of aromatic nitrogens is 2. The maximum Gasteiger partial charge on any atom is 0.412 e. The van der Waals surface area contributed by atoms with E-state index < -0.39 is 23.7 Å². The molecule has 7 nitrogen and oxygen atoms in total. The highest BCUT2D eigenvalue weighted by atomic mass is 19.4. The number of nitrogens with zero attached hydrogens (tertiary/aromatic N) is 3. The van der Waals surface area contributed by atoms with Crippen LogP contribution in [-0.4, -0.2) is 51.7 Å². The van der Waals surface area contributed by atoms with Crippen LogP contribution in [0.1, 0.15) is 78.2 Å². The van der Waals surface area contributed by atoms with Crippen molar-refractivity contribution in [2.24, 2.45) is 4.99 Å². The second-order valence-corrected chi connectivity index (χ2v) is 10.0. The number of alkyl halides is 3. The molecule has 0 aliphatic carbocycles. The van der Waals surface area contributed by atoms with E-state index in [-0.39, 0.29) is 17.9 Å². The molecule has 1 aromatic heterocycles. The Hall–Kier alpha value is -4.21. The van der Waals surface area contributed by atoms with Gasteiger partial charge < -0.3 is 20.0 Å². The van der Waals surface area contributed by atoms with Crippen LogP contribution in [0.3, 0.4) is 0 Å². The van der Waals surface area contributed by atoms with E-state index in [0.717, 1.165) is 23.8 Å². The van der Waals surface area contributed by atoms with E-state index in [2.05, 4.69) is 21.5 Å². The monoisotopic (exact) mass is 611 g/mol. The van der Waals surface area contributed by atoms with Crippen LogP contribution < -0.4 is 0 Å². The number of hydrogen-bond acceptors (Lipinski definition) is 5. The third kappa shape index (κ3) is 9.65. The fraction of sp³-hybridized carbons (Fsp3) is 0.412. The molecule has 1 unspecified atom stereocenters. The standard InChI is InChI=1S/C32H38F3N5O2.C2H6/c1-6-8-9-14-24(21(3)4)30-37-17-11-15-27(42-30)31(41)40-18-16-26-28(39-20-38-26)29(40)25(36)19-22(5)12-10-13-23(7-2)32(33,34)35;1-2/h8-10,12-15,19-20,29,36H,3,6-7,11,16-18H2,1-2,4-5H3,(H,38,39);1-2H3/b9-8-,12-10-,22-19+,23-13+,24-14+,36-25?;. The minimum Gasteiger partial charge on any atom is -0.433 e. The minimum atomic E-state index is -4.39. The number of hydrogen-bond donors (Lipinski definition) is 2. The van der Waals surface area contributed by atoms with Crippen LogP contribution in [0.25, 0.3) is 0 Å². The van der Waals surface area contributed by atoms with Crippen molar-refractivity contribution < 1.29 is 22.7 Å². The van der Waals surface area contributed by atoms with Crippen molar-refractivity contribution in [1.29, 1.82) is 5.41 Å². The molecule has 1 amide bonds. The van der Waals surface area contributed by atoms with Gasteiger partial charge in [0.05, 0.1) is 17.7 Å². The number of ether oxygens (including phenoxy) is 1. The topological polar surface area (TPSA) is 94.4 Å². The predicted octanol–water partition coefficient (Wildman–Crippen LogP) is 8.45. The lowest BCUT2D eigenvalue weighted by Crippen LogP contribution is -2.44. The van der Waals surface area contributed by atoms with E-state index in [0.29, 0.717) is 48.7 Å². The Morgan fingerprint density at radius 2 is 1.95 bits per heavy atom. The molecule has 0 fully saturated rings. The van der Waals surface area contributed by atoms with Crippen LogP contribution in [0.15, 0.2) is 94.6 Å². The largest absolute Gasteiger partial charge is 0.433 e. The van der Waals surface area contributed by atoms with Crippen LogP contribution >= 0.6 is 0 Å². The van der Waals surface area contributed by atoms with Crippen molar-refractivity contribution >= 4 is 17.5 Å². The van der Waals surface area contributed by atoms with Crippen molar-refractivity contribution in [2.75, 3.05) is 13.1 Å². The molecular formula is C34H44F3N5O2. The number of halogens is 3. The van der Waals surface area contributed by atoms with Crippen molar-refractivity contribution in [3.8, 4) is 0 Å². The summed E-state index contributed by atoms with van der Waals surface area (Å²) in [6, 6.07) is -0.815. The zero-order valence-corrected chi connectivity index (χ0v) is 26.5. The number of H-pyrrole nitrogens is 1. The Kier molecular flexibility index (Phi) is 14.0. The Bertz CT molecular complexity index is 1400. The first kappa shape index (κ1) is 36.0. The SMILES string of the molecule is C=C(C)/C(=C\C=C/CC)C1=NCCC=C(C(=O)N2CCc3[nH]cnc3C2C(=N)/C=C(C)/C=C\C=C(/CC)C(F)(F)F)O1.CC. The third-order valence-electron chi connectivity index (χ3n) is 6.72. The maximum atomic E-state index is 13.9. The Morgan fingerprint density at radius 3 is 2.59 bits per heavy atom. The smallest absolute Gasteiger partial charge is 0.412 e. The summed E-state index contributed by atoms with van der Waals surface area (Å²) in [6.45, 7) is 15.8. The molecule has 2 N–H and O–H groups in total. The number of imidazole rings is 1. The summed E-state index contributed by atoms with van der Waals surface area (Å²) in [6.07, 6.45) is 11.7. The average Bonchev–Trinajstić information content (AvgIpc) is 3.33. The molecule has 44 heavy (non-hydrogen) atoms. The van der Waals surface area contributed by atoms with Crippen molar-refractivity contribution in [3.05, 3.63) is 101 Å². The normalized spacial score (nSPS) is 18.2. The number of rotatable bonds is 10. The first-order valence-corrected chi connectivity index (χ1v) is 15.0. The second-order valence-electron chi connectivity index (χ2n) is 10.0. The third-order valence-corrected chi connectivity index (χ3v) is 6.72. The molecule has 0 radical (unpaired) electrons. The molecule has 0 aromatic carbocycles. The number of fused-ring (bicyclic) bond motifs is 1. The number of allylic oxidation sites excluding steroid dienone is 8. The maximum absolute atomic E-state index is 13.9. The van der Waals surface area contributed by atoms with Gasteiger partial charge >= 0.3 is 6.18 Å². The van der Waals surface area contributed by atoms with E-state index >= 15 is 0 Å². The molecule has 1 aromatic rings. The van der Waals surface area contributed by atoms with Gasteiger partial charge in [0.25, 0.3) is 5.91 Å². The van der Waals surface area contributed by atoms with Crippen molar-refractivity contribution in [3.63, 3.8) is 0 Å². The van der Waals surface area contributed by atoms with Gasteiger partial charge in [-0.15, -0.1) is 0 Å². The summed E-state index contributed by atoms with van der Waals surface area (Å²) < 4.78 is 45.3. The van der Waals surface area contributed by atoms with Crippen LogP contribution in [0, 0.1) is 5.41 Å². The zero-order valence-electron chi connectivity index (χ0n) is 26.5. The fourth-order valence-corrected chi connectivity index (χ4v) is 4.56. The van der Waals surface area contributed by atoms with Gasteiger partial charge in [-0.3, -0.25) is 9.79 Å². The molecule has 2 aliphatic heterocycles. The summed E-state index contributed by atoms with van der Waals surface area (Å²) in [5.41, 5.74) is 2.79. The molecule has 2 aliphatic rings. The lowest BCUT2D eigenvalue weighted by Gasteiger charge is -2.35. The average molecular weight is 612 g/mol. The number of aromatic amines is 1. The van der Waals surface area contributed by atoms with E-state index in [1.807, 2.05) is 45.9 Å². The van der Waals surface area contributed by atoms with Gasteiger partial charge in [-0.2, -0.15) is 13.2 Å². The van der Waals surface area contributed by atoms with Gasteiger partial charge in [-0.05, 0) is 62.5 Å². The van der Waals surface area contributed by atoms with Crippen molar-refractivity contribution in [2.45, 2.75) is 79.4 Å². The van der Waals surface area contributed by atoms with Crippen LogP contribution in [0.2, 0.25) is 0 Å². The molecule has 10 heteroatoms. The number of carbonyl (C=O) groups excluding carboxylic acids is 1. The highest BCUT2D eigenvalue weighted by molar-refractivity contribution is 6.05. The number of aliphatic imine (C=N–C) groups is 1. The zero-order chi connectivity index (χ0) is 32.9. The Morgan fingerprint density at radius 1 is 1.23 bits per heavy atom. The molecule has 1 atom stereocenters. The molecule has 0 bridgehead atoms. The molecule has 0 saturated carbocycles. The highest BCUT2D eigenvalue weighted by Crippen LogP contribution is 2.32. The summed E-state index contributed by atoms with van der Waals surface area (Å²) in [5.74, 6) is 0.0174. The Labute approximate surface area is 258 Å². The lowest BCUT2D eigenvalue weighted by atomic mass is 9.96. The Balaban J connectivity index is 0.00000330. The summed E-state index contributed by atoms with van der Waals surface area (Å²) in [4.78, 5) is 27.5. The van der Waals surface area contributed by atoms with Gasteiger partial charge in [-0.25, -0.2) is 4.98 Å².